The zero-order chi connectivity index (χ0) is 14.9. The fourth-order valence-electron chi connectivity index (χ4n) is 3.21. The first kappa shape index (κ1) is 16.5. The van der Waals surface area contributed by atoms with Gasteiger partial charge in [-0.25, -0.2) is 0 Å². The summed E-state index contributed by atoms with van der Waals surface area (Å²) in [6.07, 6.45) is 4.45. The fourth-order valence-corrected chi connectivity index (χ4v) is 3.91. The third-order valence-electron chi connectivity index (χ3n) is 4.60. The minimum absolute atomic E-state index is 0.253. The van der Waals surface area contributed by atoms with Crippen molar-refractivity contribution in [2.45, 2.75) is 51.8 Å². The Balaban J connectivity index is 2.12. The highest BCUT2D eigenvalue weighted by atomic mass is 35.5. The first-order chi connectivity index (χ1) is 9.27. The molecule has 0 heterocycles. The highest BCUT2D eigenvalue weighted by molar-refractivity contribution is 6.33. The van der Waals surface area contributed by atoms with Crippen molar-refractivity contribution in [2.75, 3.05) is 0 Å². The van der Waals surface area contributed by atoms with Crippen LogP contribution in [0.2, 0.25) is 10.0 Å². The molecule has 0 bridgehead atoms. The number of alkyl halides is 1. The monoisotopic (exact) mass is 332 g/mol. The molecule has 1 saturated carbocycles. The second-order valence-corrected chi connectivity index (χ2v) is 8.50. The minimum atomic E-state index is 0.253. The van der Waals surface area contributed by atoms with Crippen molar-refractivity contribution in [1.82, 2.24) is 0 Å². The van der Waals surface area contributed by atoms with Gasteiger partial charge in [0.05, 0.1) is 0 Å². The second-order valence-electron chi connectivity index (χ2n) is 7.09. The molecule has 1 aromatic rings. The topological polar surface area (TPSA) is 0 Å². The molecule has 1 aliphatic carbocycles. The van der Waals surface area contributed by atoms with Gasteiger partial charge in [-0.2, -0.15) is 0 Å². The van der Waals surface area contributed by atoms with Crippen LogP contribution in [0.4, 0.5) is 0 Å². The predicted molar refractivity (Wildman–Crippen MR) is 90.1 cm³/mol. The van der Waals surface area contributed by atoms with Crippen LogP contribution in [0.5, 0.6) is 0 Å². The summed E-state index contributed by atoms with van der Waals surface area (Å²) in [5.41, 5.74) is 1.48. The van der Waals surface area contributed by atoms with Crippen molar-refractivity contribution < 1.29 is 0 Å². The van der Waals surface area contributed by atoms with Crippen LogP contribution in [0, 0.1) is 17.3 Å². The van der Waals surface area contributed by atoms with Crippen molar-refractivity contribution in [3.8, 4) is 0 Å². The normalized spacial score (nSPS) is 27.6. The zero-order valence-corrected chi connectivity index (χ0v) is 14.7. The summed E-state index contributed by atoms with van der Waals surface area (Å²) in [6.45, 7) is 6.99. The Morgan fingerprint density at radius 3 is 2.50 bits per heavy atom. The Labute approximate surface area is 137 Å². The molecule has 0 aromatic heterocycles. The average Bonchev–Trinajstić information content (AvgIpc) is 2.35. The van der Waals surface area contributed by atoms with Gasteiger partial charge in [-0.3, -0.25) is 0 Å². The lowest BCUT2D eigenvalue weighted by atomic mass is 9.68. The Morgan fingerprint density at radius 1 is 1.15 bits per heavy atom. The molecule has 0 N–H and O–H groups in total. The summed E-state index contributed by atoms with van der Waals surface area (Å²) in [5, 5.41) is 1.80. The lowest BCUT2D eigenvalue weighted by molar-refractivity contribution is 0.144. The largest absolute Gasteiger partial charge is 0.123 e. The maximum Gasteiger partial charge on any atom is 0.0439 e. The Kier molecular flexibility index (Phi) is 5.32. The highest BCUT2D eigenvalue weighted by Crippen LogP contribution is 2.43. The van der Waals surface area contributed by atoms with E-state index in [-0.39, 0.29) is 5.38 Å². The molecule has 2 rings (SSSR count). The summed E-state index contributed by atoms with van der Waals surface area (Å²) in [4.78, 5) is 0. The number of rotatable bonds is 2. The molecule has 0 radical (unpaired) electrons. The third kappa shape index (κ3) is 4.06. The Bertz CT molecular complexity index is 462. The molecule has 3 unspecified atom stereocenters. The van der Waals surface area contributed by atoms with Gasteiger partial charge in [-0.15, -0.1) is 11.6 Å². The molecule has 0 nitrogen and oxygen atoms in total. The van der Waals surface area contributed by atoms with Crippen LogP contribution in [0.3, 0.4) is 0 Å². The fraction of sp³-hybridized carbons (Fsp3) is 0.647. The van der Waals surface area contributed by atoms with E-state index in [4.69, 9.17) is 34.8 Å². The van der Waals surface area contributed by atoms with Gasteiger partial charge < -0.3 is 0 Å². The van der Waals surface area contributed by atoms with Crippen LogP contribution < -0.4 is 0 Å². The van der Waals surface area contributed by atoms with Crippen LogP contribution in [-0.4, -0.2) is 5.38 Å². The van der Waals surface area contributed by atoms with Gasteiger partial charge in [0, 0.05) is 15.4 Å². The maximum absolute atomic E-state index is 6.56. The quantitative estimate of drug-likeness (QED) is 0.534. The van der Waals surface area contributed by atoms with Crippen molar-refractivity contribution in [2.24, 2.45) is 17.3 Å². The van der Waals surface area contributed by atoms with E-state index in [0.29, 0.717) is 11.3 Å². The number of hydrogen-bond acceptors (Lipinski definition) is 0. The molecule has 20 heavy (non-hydrogen) atoms. The standard InChI is InChI=1S/C17H23Cl3/c1-17(2,3)13-4-6-15(19)11(9-13)8-12-10-14(18)5-7-16(12)20/h5,7,10-11,13,15H,4,6,8-9H2,1-3H3. The molecular weight excluding hydrogens is 311 g/mol. The first-order valence-electron chi connectivity index (χ1n) is 7.35. The van der Waals surface area contributed by atoms with Crippen molar-refractivity contribution in [1.29, 1.82) is 0 Å². The summed E-state index contributed by atoms with van der Waals surface area (Å²) in [5.74, 6) is 1.23. The van der Waals surface area contributed by atoms with E-state index in [1.807, 2.05) is 18.2 Å². The molecule has 3 heteroatoms. The SMILES string of the molecule is CC(C)(C)C1CCC(Cl)C(Cc2cc(Cl)ccc2Cl)C1. The molecule has 3 atom stereocenters. The van der Waals surface area contributed by atoms with E-state index in [0.717, 1.165) is 34.4 Å². The lowest BCUT2D eigenvalue weighted by Crippen LogP contribution is -2.33. The molecular formula is C17H23Cl3. The van der Waals surface area contributed by atoms with Crippen molar-refractivity contribution in [3.05, 3.63) is 33.8 Å². The summed E-state index contributed by atoms with van der Waals surface area (Å²) >= 11 is 18.9. The van der Waals surface area contributed by atoms with Gasteiger partial charge in [0.25, 0.3) is 0 Å². The Hall–Kier alpha value is 0.0900. The molecule has 0 spiro atoms. The molecule has 0 saturated heterocycles. The summed E-state index contributed by atoms with van der Waals surface area (Å²) < 4.78 is 0. The van der Waals surface area contributed by atoms with E-state index in [1.165, 1.54) is 12.8 Å². The van der Waals surface area contributed by atoms with Gasteiger partial charge >= 0.3 is 0 Å². The van der Waals surface area contributed by atoms with Crippen LogP contribution in [0.15, 0.2) is 18.2 Å². The number of halogens is 3. The second kappa shape index (κ2) is 6.46. The van der Waals surface area contributed by atoms with E-state index in [9.17, 15) is 0 Å². The average molecular weight is 334 g/mol. The number of benzene rings is 1. The van der Waals surface area contributed by atoms with E-state index in [2.05, 4.69) is 20.8 Å². The van der Waals surface area contributed by atoms with E-state index >= 15 is 0 Å². The maximum atomic E-state index is 6.56. The van der Waals surface area contributed by atoms with Crippen LogP contribution in [-0.2, 0) is 6.42 Å². The van der Waals surface area contributed by atoms with Gasteiger partial charge in [0.1, 0.15) is 0 Å². The van der Waals surface area contributed by atoms with Crippen molar-refractivity contribution >= 4 is 34.8 Å². The summed E-state index contributed by atoms with van der Waals surface area (Å²) in [7, 11) is 0. The molecule has 1 aliphatic rings. The van der Waals surface area contributed by atoms with Crippen LogP contribution in [0.25, 0.3) is 0 Å². The lowest BCUT2D eigenvalue weighted by Gasteiger charge is -2.40. The van der Waals surface area contributed by atoms with Crippen LogP contribution >= 0.6 is 34.8 Å². The number of hydrogen-bond donors (Lipinski definition) is 0. The van der Waals surface area contributed by atoms with Gasteiger partial charge in [0.2, 0.25) is 0 Å². The Morgan fingerprint density at radius 2 is 1.85 bits per heavy atom. The smallest absolute Gasteiger partial charge is 0.0439 e. The van der Waals surface area contributed by atoms with Crippen LogP contribution in [0.1, 0.15) is 45.6 Å². The summed E-state index contributed by atoms with van der Waals surface area (Å²) in [6, 6.07) is 5.70. The molecule has 0 amide bonds. The molecule has 1 fully saturated rings. The van der Waals surface area contributed by atoms with E-state index in [1.54, 1.807) is 0 Å². The highest BCUT2D eigenvalue weighted by Gasteiger charge is 2.35. The van der Waals surface area contributed by atoms with Gasteiger partial charge in [-0.1, -0.05) is 44.0 Å². The first-order valence-corrected chi connectivity index (χ1v) is 8.54. The zero-order valence-electron chi connectivity index (χ0n) is 12.4. The van der Waals surface area contributed by atoms with Gasteiger partial charge in [0.15, 0.2) is 0 Å². The predicted octanol–water partition coefficient (Wildman–Crippen LogP) is 6.61. The molecule has 1 aromatic carbocycles. The third-order valence-corrected chi connectivity index (χ3v) is 5.78. The van der Waals surface area contributed by atoms with E-state index < -0.39 is 0 Å². The molecule has 0 aliphatic heterocycles. The minimum Gasteiger partial charge on any atom is -0.123 e. The van der Waals surface area contributed by atoms with Gasteiger partial charge in [-0.05, 0) is 66.7 Å². The van der Waals surface area contributed by atoms with Crippen molar-refractivity contribution in [3.63, 3.8) is 0 Å². The molecule has 112 valence electrons.